The van der Waals surface area contributed by atoms with E-state index in [2.05, 4.69) is 13.8 Å². The third-order valence-corrected chi connectivity index (χ3v) is 2.26. The molecule has 2 N–H and O–H groups in total. The molecule has 0 aliphatic heterocycles. The van der Waals surface area contributed by atoms with Gasteiger partial charge in [0.1, 0.15) is 0 Å². The van der Waals surface area contributed by atoms with Crippen LogP contribution in [0.1, 0.15) is 46.5 Å². The van der Waals surface area contributed by atoms with Crippen molar-refractivity contribution in [2.75, 3.05) is 13.1 Å². The molecule has 0 fully saturated rings. The number of hydrogen-bond acceptors (Lipinski definition) is 2. The molecule has 0 aromatic carbocycles. The van der Waals surface area contributed by atoms with E-state index in [4.69, 9.17) is 5.73 Å². The zero-order chi connectivity index (χ0) is 11.0. The molecule has 0 saturated carbocycles. The minimum Gasteiger partial charge on any atom is -0.341 e. The van der Waals surface area contributed by atoms with Crippen LogP contribution in [0.2, 0.25) is 0 Å². The maximum atomic E-state index is 11.7. The summed E-state index contributed by atoms with van der Waals surface area (Å²) in [6.45, 7) is 7.74. The molecule has 14 heavy (non-hydrogen) atoms. The molecule has 3 heteroatoms. The van der Waals surface area contributed by atoms with Gasteiger partial charge in [-0.1, -0.05) is 26.7 Å². The van der Waals surface area contributed by atoms with Crippen LogP contribution >= 0.6 is 0 Å². The minimum absolute atomic E-state index is 0.0897. The van der Waals surface area contributed by atoms with Gasteiger partial charge in [0.15, 0.2) is 0 Å². The fraction of sp³-hybridized carbons (Fsp3) is 0.909. The zero-order valence-corrected chi connectivity index (χ0v) is 9.75. The lowest BCUT2D eigenvalue weighted by Crippen LogP contribution is -2.43. The van der Waals surface area contributed by atoms with Crippen molar-refractivity contribution in [2.45, 2.75) is 52.5 Å². The van der Waals surface area contributed by atoms with Crippen LogP contribution in [-0.2, 0) is 4.79 Å². The molecule has 84 valence electrons. The van der Waals surface area contributed by atoms with Crippen molar-refractivity contribution in [3.05, 3.63) is 0 Å². The van der Waals surface area contributed by atoms with E-state index in [-0.39, 0.29) is 11.9 Å². The van der Waals surface area contributed by atoms with Gasteiger partial charge in [0.25, 0.3) is 0 Å². The van der Waals surface area contributed by atoms with Gasteiger partial charge in [-0.25, -0.2) is 0 Å². The Morgan fingerprint density at radius 1 is 1.21 bits per heavy atom. The van der Waals surface area contributed by atoms with Crippen molar-refractivity contribution < 1.29 is 4.79 Å². The van der Waals surface area contributed by atoms with E-state index in [0.29, 0.717) is 0 Å². The van der Waals surface area contributed by atoms with Gasteiger partial charge in [-0.2, -0.15) is 0 Å². The number of hydrogen-bond donors (Lipinski definition) is 1. The molecule has 0 bridgehead atoms. The van der Waals surface area contributed by atoms with Crippen LogP contribution in [0.5, 0.6) is 0 Å². The SMILES string of the molecule is CCCCN(CCCC)C(=O)[C@H](C)N. The van der Waals surface area contributed by atoms with Crippen molar-refractivity contribution in [1.82, 2.24) is 4.90 Å². The van der Waals surface area contributed by atoms with Gasteiger partial charge in [0, 0.05) is 13.1 Å². The third kappa shape index (κ3) is 5.22. The quantitative estimate of drug-likeness (QED) is 0.680. The summed E-state index contributed by atoms with van der Waals surface area (Å²) >= 11 is 0. The first-order chi connectivity index (χ1) is 6.63. The average Bonchev–Trinajstić information content (AvgIpc) is 2.17. The molecule has 0 spiro atoms. The number of nitrogens with two attached hydrogens (primary N) is 1. The van der Waals surface area contributed by atoms with Crippen LogP contribution in [0, 0.1) is 0 Å². The Balaban J connectivity index is 4.01. The highest BCUT2D eigenvalue weighted by molar-refractivity contribution is 5.81. The van der Waals surface area contributed by atoms with Crippen molar-refractivity contribution in [3.63, 3.8) is 0 Å². The van der Waals surface area contributed by atoms with E-state index >= 15 is 0 Å². The minimum atomic E-state index is -0.358. The summed E-state index contributed by atoms with van der Waals surface area (Å²) in [5.41, 5.74) is 5.59. The molecule has 0 saturated heterocycles. The van der Waals surface area contributed by atoms with Crippen LogP contribution in [0.4, 0.5) is 0 Å². The van der Waals surface area contributed by atoms with Crippen molar-refractivity contribution in [2.24, 2.45) is 5.73 Å². The predicted octanol–water partition coefficient (Wildman–Crippen LogP) is 1.76. The molecule has 0 aliphatic carbocycles. The first kappa shape index (κ1) is 13.4. The largest absolute Gasteiger partial charge is 0.341 e. The molecule has 1 atom stereocenters. The highest BCUT2D eigenvalue weighted by atomic mass is 16.2. The van der Waals surface area contributed by atoms with Gasteiger partial charge in [-0.3, -0.25) is 4.79 Å². The fourth-order valence-corrected chi connectivity index (χ4v) is 1.32. The molecule has 0 aromatic heterocycles. The molecule has 0 aliphatic rings. The zero-order valence-electron chi connectivity index (χ0n) is 9.75. The topological polar surface area (TPSA) is 46.3 Å². The molecule has 0 rings (SSSR count). The van der Waals surface area contributed by atoms with Crippen molar-refractivity contribution in [1.29, 1.82) is 0 Å². The smallest absolute Gasteiger partial charge is 0.239 e. The Morgan fingerprint density at radius 3 is 1.93 bits per heavy atom. The van der Waals surface area contributed by atoms with Crippen LogP contribution < -0.4 is 5.73 Å². The number of nitrogens with zero attached hydrogens (tertiary/aromatic N) is 1. The molecule has 3 nitrogen and oxygen atoms in total. The Bertz CT molecular complexity index is 149. The number of amides is 1. The van der Waals surface area contributed by atoms with E-state index < -0.39 is 0 Å². The van der Waals surface area contributed by atoms with Crippen LogP contribution in [0.3, 0.4) is 0 Å². The lowest BCUT2D eigenvalue weighted by Gasteiger charge is -2.24. The van der Waals surface area contributed by atoms with E-state index in [9.17, 15) is 4.79 Å². The molecule has 0 unspecified atom stereocenters. The molecule has 0 radical (unpaired) electrons. The maximum absolute atomic E-state index is 11.7. The number of unbranched alkanes of at least 4 members (excludes halogenated alkanes) is 2. The van der Waals surface area contributed by atoms with E-state index in [1.54, 1.807) is 6.92 Å². The monoisotopic (exact) mass is 200 g/mol. The fourth-order valence-electron chi connectivity index (χ4n) is 1.32. The van der Waals surface area contributed by atoms with E-state index in [1.807, 2.05) is 4.90 Å². The van der Waals surface area contributed by atoms with Gasteiger partial charge in [-0.05, 0) is 19.8 Å². The van der Waals surface area contributed by atoms with Crippen LogP contribution in [0.25, 0.3) is 0 Å². The highest BCUT2D eigenvalue weighted by Gasteiger charge is 2.15. The Labute approximate surface area is 87.6 Å². The Morgan fingerprint density at radius 2 is 1.64 bits per heavy atom. The lowest BCUT2D eigenvalue weighted by atomic mass is 10.2. The second-order valence-electron chi connectivity index (χ2n) is 3.82. The van der Waals surface area contributed by atoms with Crippen LogP contribution in [-0.4, -0.2) is 29.9 Å². The standard InChI is InChI=1S/C11H24N2O/c1-4-6-8-13(9-7-5-2)11(14)10(3)12/h10H,4-9,12H2,1-3H3/t10-/m0/s1. The number of rotatable bonds is 7. The van der Waals surface area contributed by atoms with Crippen molar-refractivity contribution >= 4 is 5.91 Å². The second-order valence-corrected chi connectivity index (χ2v) is 3.82. The Hall–Kier alpha value is -0.570. The summed E-state index contributed by atoms with van der Waals surface area (Å²) in [4.78, 5) is 13.6. The normalized spacial score (nSPS) is 12.6. The van der Waals surface area contributed by atoms with Crippen molar-refractivity contribution in [3.8, 4) is 0 Å². The summed E-state index contributed by atoms with van der Waals surface area (Å²) < 4.78 is 0. The van der Waals surface area contributed by atoms with Gasteiger partial charge in [0.05, 0.1) is 6.04 Å². The first-order valence-corrected chi connectivity index (χ1v) is 5.67. The molecule has 0 heterocycles. The molecule has 0 aromatic rings. The average molecular weight is 200 g/mol. The third-order valence-electron chi connectivity index (χ3n) is 2.26. The second kappa shape index (κ2) is 7.80. The van der Waals surface area contributed by atoms with Gasteiger partial charge in [0.2, 0.25) is 5.91 Å². The molecular weight excluding hydrogens is 176 g/mol. The summed E-state index contributed by atoms with van der Waals surface area (Å²) in [5.74, 6) is 0.0897. The molecular formula is C11H24N2O. The maximum Gasteiger partial charge on any atom is 0.239 e. The number of carbonyl (C=O) groups excluding carboxylic acids is 1. The summed E-state index contributed by atoms with van der Waals surface area (Å²) in [6, 6.07) is -0.358. The van der Waals surface area contributed by atoms with E-state index in [0.717, 1.165) is 38.8 Å². The Kier molecular flexibility index (Phi) is 7.48. The van der Waals surface area contributed by atoms with Crippen LogP contribution in [0.15, 0.2) is 0 Å². The van der Waals surface area contributed by atoms with Gasteiger partial charge >= 0.3 is 0 Å². The van der Waals surface area contributed by atoms with Gasteiger partial charge in [-0.15, -0.1) is 0 Å². The predicted molar refractivity (Wildman–Crippen MR) is 60.0 cm³/mol. The summed E-state index contributed by atoms with van der Waals surface area (Å²) in [5, 5.41) is 0. The summed E-state index contributed by atoms with van der Waals surface area (Å²) in [6.07, 6.45) is 4.38. The number of carbonyl (C=O) groups is 1. The molecule has 1 amide bonds. The first-order valence-electron chi connectivity index (χ1n) is 5.67. The van der Waals surface area contributed by atoms with E-state index in [1.165, 1.54) is 0 Å². The highest BCUT2D eigenvalue weighted by Crippen LogP contribution is 2.01. The lowest BCUT2D eigenvalue weighted by molar-refractivity contribution is -0.132. The summed E-state index contributed by atoms with van der Waals surface area (Å²) in [7, 11) is 0. The van der Waals surface area contributed by atoms with Gasteiger partial charge < -0.3 is 10.6 Å².